The molecule has 8 nitrogen and oxygen atoms in total. The fourth-order valence-electron chi connectivity index (χ4n) is 3.96. The van der Waals surface area contributed by atoms with E-state index >= 15 is 0 Å². The lowest BCUT2D eigenvalue weighted by Crippen LogP contribution is -2.33. The molecule has 0 atom stereocenters. The van der Waals surface area contributed by atoms with Gasteiger partial charge in [-0.25, -0.2) is 9.97 Å². The number of nitrogen functional groups attached to an aromatic ring is 1. The Morgan fingerprint density at radius 2 is 1.81 bits per heavy atom. The summed E-state index contributed by atoms with van der Waals surface area (Å²) in [6, 6.07) is 3.62. The van der Waals surface area contributed by atoms with E-state index in [0.717, 1.165) is 21.4 Å². The van der Waals surface area contributed by atoms with Crippen LogP contribution in [0.2, 0.25) is 0 Å². The third-order valence-electron chi connectivity index (χ3n) is 5.24. The number of ether oxygens (including phenoxy) is 1. The van der Waals surface area contributed by atoms with Crippen LogP contribution in [0.3, 0.4) is 0 Å². The second-order valence-corrected chi connectivity index (χ2v) is 7.64. The van der Waals surface area contributed by atoms with E-state index in [4.69, 9.17) is 10.5 Å². The number of nitrogens with zero attached hydrogens (tertiary/aromatic N) is 5. The van der Waals surface area contributed by atoms with Gasteiger partial charge in [0.05, 0.1) is 12.2 Å². The average molecular weight is 446 g/mol. The van der Waals surface area contributed by atoms with Gasteiger partial charge in [-0.3, -0.25) is 9.48 Å². The normalized spacial score (nSPS) is 14.2. The number of halogens is 3. The molecule has 11 heteroatoms. The van der Waals surface area contributed by atoms with Crippen LogP contribution in [0.5, 0.6) is 5.88 Å². The maximum absolute atomic E-state index is 13.2. The molecule has 0 aliphatic carbocycles. The highest BCUT2D eigenvalue weighted by atomic mass is 19.4. The minimum atomic E-state index is -4.36. The average Bonchev–Trinajstić information content (AvgIpc) is 2.91. The number of nitrogens with two attached hydrogens (primary N) is 1. The number of hydrogen-bond acceptors (Lipinski definition) is 6. The summed E-state index contributed by atoms with van der Waals surface area (Å²) in [5.74, 6) is -0.205. The molecule has 1 amide bonds. The summed E-state index contributed by atoms with van der Waals surface area (Å²) in [4.78, 5) is 22.6. The van der Waals surface area contributed by atoms with Gasteiger partial charge in [-0.05, 0) is 49.6 Å². The van der Waals surface area contributed by atoms with Gasteiger partial charge in [-0.2, -0.15) is 18.3 Å². The standard InChI is InChI=1S/C21H21F3N6O2/c1-11-6-14(30-4-5-32-19-17(20(30)31)18(25)26-10-27-19)7-12(2)16(11)15-8-29(28-13(15)3)9-21(22,23)24/h6-8,10H,4-5,9H2,1-3H3,(H2,25,26,27). The maximum Gasteiger partial charge on any atom is 0.408 e. The van der Waals surface area contributed by atoms with Crippen LogP contribution in [-0.2, 0) is 6.54 Å². The van der Waals surface area contributed by atoms with Gasteiger partial charge < -0.3 is 15.4 Å². The van der Waals surface area contributed by atoms with Gasteiger partial charge in [0.25, 0.3) is 5.91 Å². The van der Waals surface area contributed by atoms with Crippen LogP contribution >= 0.6 is 0 Å². The van der Waals surface area contributed by atoms with E-state index in [1.165, 1.54) is 17.4 Å². The maximum atomic E-state index is 13.2. The zero-order valence-corrected chi connectivity index (χ0v) is 17.7. The topological polar surface area (TPSA) is 99.2 Å². The van der Waals surface area contributed by atoms with Gasteiger partial charge in [-0.1, -0.05) is 0 Å². The Balaban J connectivity index is 1.73. The summed E-state index contributed by atoms with van der Waals surface area (Å²) in [6.07, 6.45) is -1.72. The van der Waals surface area contributed by atoms with Crippen molar-refractivity contribution >= 4 is 17.4 Å². The minimum absolute atomic E-state index is 0.0321. The zero-order valence-electron chi connectivity index (χ0n) is 17.7. The summed E-state index contributed by atoms with van der Waals surface area (Å²) in [5.41, 5.74) is 10.1. The van der Waals surface area contributed by atoms with Crippen molar-refractivity contribution in [3.63, 3.8) is 0 Å². The Kier molecular flexibility index (Phi) is 5.27. The first-order chi connectivity index (χ1) is 15.0. The number of carbonyl (C=O) groups is 1. The Morgan fingerprint density at radius 1 is 1.12 bits per heavy atom. The lowest BCUT2D eigenvalue weighted by atomic mass is 9.95. The number of benzene rings is 1. The molecule has 0 bridgehead atoms. The second kappa shape index (κ2) is 7.81. The van der Waals surface area contributed by atoms with Crippen molar-refractivity contribution in [3.05, 3.63) is 47.0 Å². The summed E-state index contributed by atoms with van der Waals surface area (Å²) >= 11 is 0. The molecule has 0 fully saturated rings. The van der Waals surface area contributed by atoms with Crippen molar-refractivity contribution in [1.82, 2.24) is 19.7 Å². The molecule has 3 heterocycles. The van der Waals surface area contributed by atoms with Gasteiger partial charge in [0.2, 0.25) is 5.88 Å². The van der Waals surface area contributed by atoms with Crippen LogP contribution in [0.15, 0.2) is 24.7 Å². The molecule has 1 aliphatic heterocycles. The highest BCUT2D eigenvalue weighted by molar-refractivity contribution is 6.10. The number of alkyl halides is 3. The fraction of sp³-hybridized carbons (Fsp3) is 0.333. The number of carbonyl (C=O) groups excluding carboxylic acids is 1. The van der Waals surface area contributed by atoms with E-state index in [9.17, 15) is 18.0 Å². The summed E-state index contributed by atoms with van der Waals surface area (Å²) in [7, 11) is 0. The number of hydrogen-bond donors (Lipinski definition) is 1. The molecule has 4 rings (SSSR count). The van der Waals surface area contributed by atoms with Crippen molar-refractivity contribution in [2.45, 2.75) is 33.5 Å². The van der Waals surface area contributed by atoms with E-state index < -0.39 is 12.7 Å². The highest BCUT2D eigenvalue weighted by Crippen LogP contribution is 2.35. The van der Waals surface area contributed by atoms with E-state index in [1.807, 2.05) is 26.0 Å². The second-order valence-electron chi connectivity index (χ2n) is 7.64. The van der Waals surface area contributed by atoms with Crippen LogP contribution in [0.25, 0.3) is 11.1 Å². The number of amides is 1. The Morgan fingerprint density at radius 3 is 2.47 bits per heavy atom. The molecule has 3 aromatic rings. The monoisotopic (exact) mass is 446 g/mol. The van der Waals surface area contributed by atoms with Gasteiger partial charge in [-0.15, -0.1) is 0 Å². The Bertz CT molecular complexity index is 1180. The van der Waals surface area contributed by atoms with Gasteiger partial charge in [0.1, 0.15) is 30.9 Å². The number of aromatic nitrogens is 4. The molecule has 168 valence electrons. The van der Waals surface area contributed by atoms with Gasteiger partial charge in [0, 0.05) is 17.4 Å². The third-order valence-corrected chi connectivity index (χ3v) is 5.24. The molecule has 0 unspecified atom stereocenters. The van der Waals surface area contributed by atoms with Crippen LogP contribution in [0, 0.1) is 20.8 Å². The van der Waals surface area contributed by atoms with Crippen LogP contribution in [-0.4, -0.2) is 45.0 Å². The highest BCUT2D eigenvalue weighted by Gasteiger charge is 2.31. The number of anilines is 2. The van der Waals surface area contributed by atoms with E-state index in [1.54, 1.807) is 6.92 Å². The fourth-order valence-corrected chi connectivity index (χ4v) is 3.96. The SMILES string of the molecule is Cc1cc(N2CCOc3ncnc(N)c3C2=O)cc(C)c1-c1cn(CC(F)(F)F)nc1C. The predicted molar refractivity (Wildman–Crippen MR) is 112 cm³/mol. The molecular formula is C21H21F3N6O2. The Labute approximate surface area is 181 Å². The van der Waals surface area contributed by atoms with Crippen molar-refractivity contribution < 1.29 is 22.7 Å². The number of fused-ring (bicyclic) bond motifs is 1. The Hall–Kier alpha value is -3.63. The lowest BCUT2D eigenvalue weighted by Gasteiger charge is -2.23. The quantitative estimate of drug-likeness (QED) is 0.662. The van der Waals surface area contributed by atoms with Gasteiger partial charge in [0.15, 0.2) is 0 Å². The van der Waals surface area contributed by atoms with Crippen molar-refractivity contribution in [1.29, 1.82) is 0 Å². The molecule has 2 N–H and O–H groups in total. The molecular weight excluding hydrogens is 425 g/mol. The first-order valence-electron chi connectivity index (χ1n) is 9.82. The smallest absolute Gasteiger partial charge is 0.408 e. The van der Waals surface area contributed by atoms with Crippen molar-refractivity contribution in [2.75, 3.05) is 23.8 Å². The largest absolute Gasteiger partial charge is 0.475 e. The minimum Gasteiger partial charge on any atom is -0.475 e. The van der Waals surface area contributed by atoms with E-state index in [2.05, 4.69) is 15.1 Å². The molecule has 1 aliphatic rings. The first-order valence-corrected chi connectivity index (χ1v) is 9.82. The van der Waals surface area contributed by atoms with Crippen LogP contribution in [0.4, 0.5) is 24.7 Å². The zero-order chi connectivity index (χ0) is 23.2. The molecule has 2 aromatic heterocycles. The predicted octanol–water partition coefficient (Wildman–Crippen LogP) is 3.45. The van der Waals surface area contributed by atoms with Crippen molar-refractivity contribution in [3.8, 4) is 17.0 Å². The summed E-state index contributed by atoms with van der Waals surface area (Å²) < 4.78 is 44.8. The number of aryl methyl sites for hydroxylation is 3. The first kappa shape index (κ1) is 21.6. The summed E-state index contributed by atoms with van der Waals surface area (Å²) in [6.45, 7) is 4.69. The summed E-state index contributed by atoms with van der Waals surface area (Å²) in [5, 5.41) is 4.01. The number of rotatable bonds is 3. The molecule has 1 aromatic carbocycles. The van der Waals surface area contributed by atoms with Crippen molar-refractivity contribution in [2.24, 2.45) is 0 Å². The van der Waals surface area contributed by atoms with Crippen LogP contribution in [0.1, 0.15) is 27.2 Å². The lowest BCUT2D eigenvalue weighted by molar-refractivity contribution is -0.142. The third kappa shape index (κ3) is 3.97. The van der Waals surface area contributed by atoms with Gasteiger partial charge >= 0.3 is 6.18 Å². The van der Waals surface area contributed by atoms with E-state index in [0.29, 0.717) is 16.9 Å². The molecule has 32 heavy (non-hydrogen) atoms. The van der Waals surface area contributed by atoms with Crippen LogP contribution < -0.4 is 15.4 Å². The molecule has 0 spiro atoms. The molecule has 0 saturated heterocycles. The molecule has 0 radical (unpaired) electrons. The molecule has 0 saturated carbocycles. The van der Waals surface area contributed by atoms with E-state index in [-0.39, 0.29) is 36.3 Å².